The number of Topliss-reactive ketones (excluding diaryl/α,β-unsaturated/α-hetero) is 1. The summed E-state index contributed by atoms with van der Waals surface area (Å²) in [6.07, 6.45) is 1.49. The lowest BCUT2D eigenvalue weighted by Crippen LogP contribution is -2.17. The molecular formula is C19H15Cl4NO3S. The van der Waals surface area contributed by atoms with E-state index in [1.54, 1.807) is 30.3 Å². The van der Waals surface area contributed by atoms with Gasteiger partial charge in [0.2, 0.25) is 5.91 Å². The van der Waals surface area contributed by atoms with Gasteiger partial charge in [0, 0.05) is 38.4 Å². The highest BCUT2D eigenvalue weighted by atomic mass is 35.5. The monoisotopic (exact) mass is 477 g/mol. The van der Waals surface area contributed by atoms with Crippen LogP contribution in [0.4, 0.5) is 5.69 Å². The third-order valence-corrected chi connectivity index (χ3v) is 6.87. The molecule has 1 saturated carbocycles. The molecule has 3 unspecified atom stereocenters. The lowest BCUT2D eigenvalue weighted by molar-refractivity contribution is -0.117. The Kier molecular flexibility index (Phi) is 6.14. The van der Waals surface area contributed by atoms with Crippen LogP contribution in [0.1, 0.15) is 28.8 Å². The van der Waals surface area contributed by atoms with Gasteiger partial charge < -0.3 is 5.32 Å². The van der Waals surface area contributed by atoms with Crippen LogP contribution in [0.5, 0.6) is 0 Å². The Hall–Kier alpha value is -1.11. The minimum Gasteiger partial charge on any atom is -0.326 e. The van der Waals surface area contributed by atoms with Crippen molar-refractivity contribution in [3.8, 4) is 0 Å². The molecule has 3 rings (SSSR count). The van der Waals surface area contributed by atoms with Gasteiger partial charge in [-0.2, -0.15) is 0 Å². The molecule has 1 N–H and O–H groups in total. The molecule has 1 aliphatic carbocycles. The van der Waals surface area contributed by atoms with Crippen LogP contribution >= 0.6 is 46.4 Å². The fraction of sp³-hybridized carbons (Fsp3) is 0.263. The van der Waals surface area contributed by atoms with Gasteiger partial charge in [-0.3, -0.25) is 13.8 Å². The van der Waals surface area contributed by atoms with Gasteiger partial charge in [0.25, 0.3) is 0 Å². The van der Waals surface area contributed by atoms with Crippen LogP contribution in [0, 0.1) is 5.92 Å². The number of hydrogen-bond acceptors (Lipinski definition) is 3. The van der Waals surface area contributed by atoms with E-state index in [9.17, 15) is 13.8 Å². The number of amides is 1. The molecule has 2 aromatic carbocycles. The molecule has 0 saturated heterocycles. The van der Waals surface area contributed by atoms with E-state index in [1.165, 1.54) is 19.2 Å². The van der Waals surface area contributed by atoms with Crippen molar-refractivity contribution in [3.05, 3.63) is 57.6 Å². The number of nitrogens with one attached hydrogen (secondary N) is 1. The smallest absolute Gasteiger partial charge is 0.231 e. The van der Waals surface area contributed by atoms with Crippen molar-refractivity contribution in [2.24, 2.45) is 5.92 Å². The number of halogens is 4. The molecule has 0 aliphatic heterocycles. The second-order valence-corrected chi connectivity index (χ2v) is 10.2. The number of rotatable bonds is 5. The highest BCUT2D eigenvalue weighted by Gasteiger charge is 2.67. The zero-order valence-corrected chi connectivity index (χ0v) is 18.6. The SMILES string of the molecule is CC(=O)c1cc(NC(=O)C2C(c3cc(Cl)cc(Cl)c3)C2(Cl)Cl)ccc1S(C)=O. The Bertz CT molecular complexity index is 988. The maximum absolute atomic E-state index is 12.8. The van der Waals surface area contributed by atoms with E-state index >= 15 is 0 Å². The molecule has 0 bridgehead atoms. The number of hydrogen-bond donors (Lipinski definition) is 1. The van der Waals surface area contributed by atoms with Crippen molar-refractivity contribution in [2.45, 2.75) is 22.1 Å². The standard InChI is InChI=1S/C19H15Cl4NO3S/c1-9(25)14-8-13(3-4-15(14)28(2)27)24-18(26)17-16(19(17,22)23)10-5-11(20)7-12(21)6-10/h3-8,16-17H,1-2H3,(H,24,26). The largest absolute Gasteiger partial charge is 0.326 e. The summed E-state index contributed by atoms with van der Waals surface area (Å²) in [5.41, 5.74) is 1.35. The minimum atomic E-state index is -1.33. The predicted octanol–water partition coefficient (Wildman–Crippen LogP) is 5.46. The number of ketones is 1. The molecule has 0 heterocycles. The molecule has 3 atom stereocenters. The Morgan fingerprint density at radius 2 is 1.68 bits per heavy atom. The Balaban J connectivity index is 1.84. The molecule has 1 fully saturated rings. The van der Waals surface area contributed by atoms with Crippen LogP contribution < -0.4 is 5.32 Å². The van der Waals surface area contributed by atoms with E-state index < -0.39 is 32.9 Å². The maximum atomic E-state index is 12.8. The summed E-state index contributed by atoms with van der Waals surface area (Å²) in [7, 11) is -1.33. The number of anilines is 1. The first-order chi connectivity index (χ1) is 13.0. The van der Waals surface area contributed by atoms with Crippen LogP contribution in [0.25, 0.3) is 0 Å². The molecular weight excluding hydrogens is 464 g/mol. The van der Waals surface area contributed by atoms with Gasteiger partial charge in [-0.25, -0.2) is 0 Å². The molecule has 0 spiro atoms. The predicted molar refractivity (Wildman–Crippen MR) is 115 cm³/mol. The van der Waals surface area contributed by atoms with E-state index in [2.05, 4.69) is 5.32 Å². The lowest BCUT2D eigenvalue weighted by atomic mass is 10.1. The van der Waals surface area contributed by atoms with Gasteiger partial charge in [0.1, 0.15) is 4.33 Å². The van der Waals surface area contributed by atoms with Gasteiger partial charge in [-0.05, 0) is 48.9 Å². The Labute approximate surface area is 184 Å². The summed E-state index contributed by atoms with van der Waals surface area (Å²) in [5, 5.41) is 3.57. The maximum Gasteiger partial charge on any atom is 0.231 e. The lowest BCUT2D eigenvalue weighted by Gasteiger charge is -2.09. The van der Waals surface area contributed by atoms with Crippen molar-refractivity contribution < 1.29 is 13.8 Å². The molecule has 28 heavy (non-hydrogen) atoms. The Morgan fingerprint density at radius 1 is 1.07 bits per heavy atom. The third-order valence-electron chi connectivity index (χ3n) is 4.52. The molecule has 0 aromatic heterocycles. The highest BCUT2D eigenvalue weighted by Crippen LogP contribution is 2.65. The van der Waals surface area contributed by atoms with E-state index in [0.717, 1.165) is 0 Å². The molecule has 1 amide bonds. The zero-order valence-electron chi connectivity index (χ0n) is 14.8. The van der Waals surface area contributed by atoms with Gasteiger partial charge in [-0.1, -0.05) is 23.2 Å². The van der Waals surface area contributed by atoms with Gasteiger partial charge >= 0.3 is 0 Å². The van der Waals surface area contributed by atoms with Gasteiger partial charge in [0.05, 0.1) is 16.7 Å². The van der Waals surface area contributed by atoms with E-state index in [-0.39, 0.29) is 11.3 Å². The van der Waals surface area contributed by atoms with Crippen LogP contribution in [0.15, 0.2) is 41.3 Å². The third kappa shape index (κ3) is 4.24. The minimum absolute atomic E-state index is 0.247. The Morgan fingerprint density at radius 3 is 2.21 bits per heavy atom. The molecule has 0 radical (unpaired) electrons. The fourth-order valence-corrected chi connectivity index (χ4v) is 5.32. The van der Waals surface area contributed by atoms with Crippen molar-refractivity contribution in [1.29, 1.82) is 0 Å². The van der Waals surface area contributed by atoms with E-state index in [0.29, 0.717) is 26.2 Å². The average Bonchev–Trinajstić information content (AvgIpc) is 3.16. The summed E-state index contributed by atoms with van der Waals surface area (Å²) in [6, 6.07) is 9.55. The second kappa shape index (κ2) is 7.96. The summed E-state index contributed by atoms with van der Waals surface area (Å²) in [5.74, 6) is -1.83. The molecule has 148 valence electrons. The summed E-state index contributed by atoms with van der Waals surface area (Å²) in [4.78, 5) is 25.0. The summed E-state index contributed by atoms with van der Waals surface area (Å²) < 4.78 is 10.5. The fourth-order valence-electron chi connectivity index (χ4n) is 3.18. The molecule has 4 nitrogen and oxygen atoms in total. The second-order valence-electron chi connectivity index (χ2n) is 6.54. The van der Waals surface area contributed by atoms with Crippen LogP contribution in [0.3, 0.4) is 0 Å². The number of carbonyl (C=O) groups excluding carboxylic acids is 2. The average molecular weight is 479 g/mol. The van der Waals surface area contributed by atoms with Crippen molar-refractivity contribution in [3.63, 3.8) is 0 Å². The summed E-state index contributed by atoms with van der Waals surface area (Å²) >= 11 is 24.8. The first kappa shape index (κ1) is 21.6. The van der Waals surface area contributed by atoms with Crippen molar-refractivity contribution in [1.82, 2.24) is 0 Å². The van der Waals surface area contributed by atoms with Gasteiger partial charge in [-0.15, -0.1) is 23.2 Å². The highest BCUT2D eigenvalue weighted by molar-refractivity contribution is 7.84. The number of benzene rings is 2. The van der Waals surface area contributed by atoms with E-state index in [4.69, 9.17) is 46.4 Å². The van der Waals surface area contributed by atoms with Crippen LogP contribution in [-0.2, 0) is 15.6 Å². The number of carbonyl (C=O) groups is 2. The molecule has 1 aliphatic rings. The molecule has 9 heteroatoms. The zero-order chi connectivity index (χ0) is 20.8. The van der Waals surface area contributed by atoms with Crippen LogP contribution in [0.2, 0.25) is 10.0 Å². The topological polar surface area (TPSA) is 63.2 Å². The van der Waals surface area contributed by atoms with Gasteiger partial charge in [0.15, 0.2) is 5.78 Å². The van der Waals surface area contributed by atoms with Crippen LogP contribution in [-0.4, -0.2) is 26.5 Å². The first-order valence-corrected chi connectivity index (χ1v) is 11.2. The summed E-state index contributed by atoms with van der Waals surface area (Å²) in [6.45, 7) is 1.37. The quantitative estimate of drug-likeness (QED) is 0.458. The normalized spacial score (nSPS) is 21.1. The number of alkyl halides is 2. The first-order valence-electron chi connectivity index (χ1n) is 8.15. The van der Waals surface area contributed by atoms with Crippen molar-refractivity contribution >= 4 is 74.6 Å². The van der Waals surface area contributed by atoms with E-state index in [1.807, 2.05) is 0 Å². The van der Waals surface area contributed by atoms with Crippen molar-refractivity contribution in [2.75, 3.05) is 11.6 Å². The molecule has 2 aromatic rings.